The Bertz CT molecular complexity index is 293. The summed E-state index contributed by atoms with van der Waals surface area (Å²) in [5.41, 5.74) is 11.8. The lowest BCUT2D eigenvalue weighted by Crippen LogP contribution is -2.40. The van der Waals surface area contributed by atoms with Gasteiger partial charge in [-0.15, -0.1) is 0 Å². The van der Waals surface area contributed by atoms with Crippen LogP contribution >= 0.6 is 0 Å². The zero-order valence-electron chi connectivity index (χ0n) is 8.00. The van der Waals surface area contributed by atoms with Gasteiger partial charge >= 0.3 is 0 Å². The Hall–Kier alpha value is -1.00. The van der Waals surface area contributed by atoms with Gasteiger partial charge in [-0.1, -0.05) is 0 Å². The molecule has 4 heteroatoms. The van der Waals surface area contributed by atoms with Crippen molar-refractivity contribution in [2.24, 2.45) is 11.5 Å². The monoisotopic (exact) mass is 200 g/mol. The molecule has 2 unspecified atom stereocenters. The summed E-state index contributed by atoms with van der Waals surface area (Å²) in [4.78, 5) is 0. The lowest BCUT2D eigenvalue weighted by Gasteiger charge is -2.15. The molecule has 0 saturated carbocycles. The first-order chi connectivity index (χ1) is 6.49. The molecule has 1 aromatic rings. The molecule has 0 saturated heterocycles. The predicted octanol–water partition coefficient (Wildman–Crippen LogP) is 1.18. The maximum atomic E-state index is 12.8. The molecule has 2 nitrogen and oxygen atoms in total. The number of benzene rings is 1. The van der Waals surface area contributed by atoms with Crippen molar-refractivity contribution in [3.63, 3.8) is 0 Å². The minimum Gasteiger partial charge on any atom is -0.327 e. The summed E-state index contributed by atoms with van der Waals surface area (Å²) in [6.07, 6.45) is 0.381. The molecule has 1 rings (SSSR count). The minimum atomic E-state index is -0.586. The van der Waals surface area contributed by atoms with Gasteiger partial charge in [0.15, 0.2) is 0 Å². The first kappa shape index (κ1) is 11.1. The van der Waals surface area contributed by atoms with Gasteiger partial charge in [0.1, 0.15) is 11.6 Å². The van der Waals surface area contributed by atoms with Crippen LogP contribution in [-0.4, -0.2) is 12.1 Å². The molecule has 0 bridgehead atoms. The smallest absolute Gasteiger partial charge is 0.126 e. The van der Waals surface area contributed by atoms with Crippen LogP contribution in [-0.2, 0) is 6.42 Å². The molecule has 0 radical (unpaired) electrons. The second-order valence-corrected chi connectivity index (χ2v) is 3.50. The Morgan fingerprint density at radius 2 is 1.64 bits per heavy atom. The topological polar surface area (TPSA) is 52.0 Å². The molecule has 14 heavy (non-hydrogen) atoms. The molecule has 0 spiro atoms. The number of halogens is 2. The van der Waals surface area contributed by atoms with Crippen LogP contribution in [0.25, 0.3) is 0 Å². The van der Waals surface area contributed by atoms with Gasteiger partial charge in [0, 0.05) is 18.2 Å². The standard InChI is InChI=1S/C10H14F2N2/c1-6(13)10(14)4-7-2-8(11)5-9(12)3-7/h2-3,5-6,10H,4,13-14H2,1H3. The molecule has 0 fully saturated rings. The predicted molar refractivity (Wildman–Crippen MR) is 51.7 cm³/mol. The highest BCUT2D eigenvalue weighted by Crippen LogP contribution is 2.10. The summed E-state index contributed by atoms with van der Waals surface area (Å²) in [5, 5.41) is 0. The quantitative estimate of drug-likeness (QED) is 0.769. The first-order valence-electron chi connectivity index (χ1n) is 4.45. The fourth-order valence-electron chi connectivity index (χ4n) is 1.19. The van der Waals surface area contributed by atoms with E-state index < -0.39 is 11.6 Å². The highest BCUT2D eigenvalue weighted by Gasteiger charge is 2.10. The van der Waals surface area contributed by atoms with Crippen molar-refractivity contribution in [2.75, 3.05) is 0 Å². The second-order valence-electron chi connectivity index (χ2n) is 3.50. The van der Waals surface area contributed by atoms with E-state index in [9.17, 15) is 8.78 Å². The maximum absolute atomic E-state index is 12.8. The highest BCUT2D eigenvalue weighted by molar-refractivity contribution is 5.19. The van der Waals surface area contributed by atoms with E-state index >= 15 is 0 Å². The molecule has 0 aliphatic heterocycles. The van der Waals surface area contributed by atoms with Gasteiger partial charge in [0.05, 0.1) is 0 Å². The summed E-state index contributed by atoms with van der Waals surface area (Å²) in [7, 11) is 0. The van der Waals surface area contributed by atoms with Crippen LogP contribution in [0.15, 0.2) is 18.2 Å². The summed E-state index contributed by atoms with van der Waals surface area (Å²) < 4.78 is 25.5. The van der Waals surface area contributed by atoms with Crippen molar-refractivity contribution in [3.8, 4) is 0 Å². The van der Waals surface area contributed by atoms with Gasteiger partial charge in [0.25, 0.3) is 0 Å². The van der Waals surface area contributed by atoms with Crippen LogP contribution in [0.3, 0.4) is 0 Å². The Morgan fingerprint density at radius 3 is 2.07 bits per heavy atom. The van der Waals surface area contributed by atoms with E-state index in [0.717, 1.165) is 6.07 Å². The summed E-state index contributed by atoms with van der Waals surface area (Å²) in [6.45, 7) is 1.76. The SMILES string of the molecule is CC(N)C(N)Cc1cc(F)cc(F)c1. The van der Waals surface area contributed by atoms with Crippen LogP contribution in [0.5, 0.6) is 0 Å². The van der Waals surface area contributed by atoms with Crippen LogP contribution in [0.4, 0.5) is 8.78 Å². The van der Waals surface area contributed by atoms with Gasteiger partial charge in [0.2, 0.25) is 0 Å². The summed E-state index contributed by atoms with van der Waals surface area (Å²) in [5.74, 6) is -1.17. The normalized spacial score (nSPS) is 15.2. The molecule has 0 aliphatic rings. The third kappa shape index (κ3) is 3.05. The van der Waals surface area contributed by atoms with Crippen molar-refractivity contribution < 1.29 is 8.78 Å². The molecule has 1 aromatic carbocycles. The van der Waals surface area contributed by atoms with Crippen LogP contribution in [0.1, 0.15) is 12.5 Å². The highest BCUT2D eigenvalue weighted by atomic mass is 19.1. The minimum absolute atomic E-state index is 0.193. The van der Waals surface area contributed by atoms with E-state index in [1.54, 1.807) is 6.92 Å². The molecule has 2 atom stereocenters. The third-order valence-corrected chi connectivity index (χ3v) is 2.07. The van der Waals surface area contributed by atoms with E-state index in [1.807, 2.05) is 0 Å². The van der Waals surface area contributed by atoms with Crippen LogP contribution in [0.2, 0.25) is 0 Å². The molecule has 0 amide bonds. The average molecular weight is 200 g/mol. The molecular formula is C10H14F2N2. The molecule has 0 aromatic heterocycles. The van der Waals surface area contributed by atoms with Gasteiger partial charge < -0.3 is 11.5 Å². The Morgan fingerprint density at radius 1 is 1.14 bits per heavy atom. The third-order valence-electron chi connectivity index (χ3n) is 2.07. The molecule has 4 N–H and O–H groups in total. The van der Waals surface area contributed by atoms with Crippen molar-refractivity contribution in [1.29, 1.82) is 0 Å². The van der Waals surface area contributed by atoms with Crippen molar-refractivity contribution >= 4 is 0 Å². The Kier molecular flexibility index (Phi) is 3.55. The number of hydrogen-bond donors (Lipinski definition) is 2. The van der Waals surface area contributed by atoms with Gasteiger partial charge in [-0.3, -0.25) is 0 Å². The van der Waals surface area contributed by atoms with Gasteiger partial charge in [-0.25, -0.2) is 8.78 Å². The maximum Gasteiger partial charge on any atom is 0.126 e. The fraction of sp³-hybridized carbons (Fsp3) is 0.400. The lowest BCUT2D eigenvalue weighted by molar-refractivity contribution is 0.545. The van der Waals surface area contributed by atoms with Gasteiger partial charge in [-0.05, 0) is 31.0 Å². The molecular weight excluding hydrogens is 186 g/mol. The average Bonchev–Trinajstić information content (AvgIpc) is 2.01. The van der Waals surface area contributed by atoms with Crippen molar-refractivity contribution in [2.45, 2.75) is 25.4 Å². The van der Waals surface area contributed by atoms with E-state index in [4.69, 9.17) is 11.5 Å². The van der Waals surface area contributed by atoms with E-state index in [1.165, 1.54) is 12.1 Å². The lowest BCUT2D eigenvalue weighted by atomic mass is 10.0. The largest absolute Gasteiger partial charge is 0.327 e. The summed E-state index contributed by atoms with van der Waals surface area (Å²) >= 11 is 0. The van der Waals surface area contributed by atoms with E-state index in [2.05, 4.69) is 0 Å². The second kappa shape index (κ2) is 4.48. The molecule has 78 valence electrons. The Labute approximate surface area is 81.9 Å². The van der Waals surface area contributed by atoms with Crippen molar-refractivity contribution in [1.82, 2.24) is 0 Å². The zero-order chi connectivity index (χ0) is 10.7. The number of rotatable bonds is 3. The number of nitrogens with two attached hydrogens (primary N) is 2. The number of hydrogen-bond acceptors (Lipinski definition) is 2. The van der Waals surface area contributed by atoms with Crippen molar-refractivity contribution in [3.05, 3.63) is 35.4 Å². The molecule has 0 heterocycles. The zero-order valence-corrected chi connectivity index (χ0v) is 8.00. The van der Waals surface area contributed by atoms with Gasteiger partial charge in [-0.2, -0.15) is 0 Å². The fourth-order valence-corrected chi connectivity index (χ4v) is 1.19. The van der Waals surface area contributed by atoms with Crippen LogP contribution in [0, 0.1) is 11.6 Å². The van der Waals surface area contributed by atoms with E-state index in [-0.39, 0.29) is 12.1 Å². The molecule has 0 aliphatic carbocycles. The summed E-state index contributed by atoms with van der Waals surface area (Å²) in [6, 6.07) is 2.90. The van der Waals surface area contributed by atoms with Crippen LogP contribution < -0.4 is 11.5 Å². The Balaban J connectivity index is 2.76. The first-order valence-corrected chi connectivity index (χ1v) is 4.45. The van der Waals surface area contributed by atoms with E-state index in [0.29, 0.717) is 12.0 Å².